The lowest BCUT2D eigenvalue weighted by molar-refractivity contribution is 0.0761. The number of fused-ring (bicyclic) bond motifs is 1. The summed E-state index contributed by atoms with van der Waals surface area (Å²) in [5.41, 5.74) is 3.60. The van der Waals surface area contributed by atoms with Crippen molar-refractivity contribution in [3.8, 4) is 0 Å². The molecule has 2 amide bonds. The molecule has 3 heterocycles. The maximum Gasteiger partial charge on any atom is 0.276 e. The molecule has 0 unspecified atom stereocenters. The molecule has 178 valence electrons. The van der Waals surface area contributed by atoms with Crippen molar-refractivity contribution in [1.82, 2.24) is 19.7 Å². The minimum absolute atomic E-state index is 0.0463. The summed E-state index contributed by atoms with van der Waals surface area (Å²) in [6, 6.07) is 19.3. The number of carbonyl (C=O) groups is 2. The van der Waals surface area contributed by atoms with Gasteiger partial charge in [-0.15, -0.1) is 0 Å². The molecule has 1 fully saturated rings. The van der Waals surface area contributed by atoms with Gasteiger partial charge >= 0.3 is 0 Å². The molecule has 2 aromatic heterocycles. The smallest absolute Gasteiger partial charge is 0.276 e. The molecule has 35 heavy (non-hydrogen) atoms. The van der Waals surface area contributed by atoms with E-state index in [4.69, 9.17) is 0 Å². The Bertz CT molecular complexity index is 1360. The SMILES string of the molecule is Cn1ccc(C(=O)Nc2ccccc2C(=O)N2CCC[C@@H](Cc3cnc4ccccc4c3)CC2)n1. The first kappa shape index (κ1) is 22.8. The van der Waals surface area contributed by atoms with Crippen molar-refractivity contribution in [3.63, 3.8) is 0 Å². The van der Waals surface area contributed by atoms with Gasteiger partial charge in [0.25, 0.3) is 11.8 Å². The Hall–Kier alpha value is -4.00. The number of para-hydroxylation sites is 2. The molecule has 1 aliphatic rings. The van der Waals surface area contributed by atoms with Crippen LogP contribution in [0.4, 0.5) is 5.69 Å². The van der Waals surface area contributed by atoms with Crippen molar-refractivity contribution in [2.24, 2.45) is 13.0 Å². The monoisotopic (exact) mass is 467 g/mol. The van der Waals surface area contributed by atoms with Gasteiger partial charge in [-0.1, -0.05) is 30.3 Å². The summed E-state index contributed by atoms with van der Waals surface area (Å²) in [5, 5.41) is 8.18. The van der Waals surface area contributed by atoms with E-state index in [0.29, 0.717) is 36.0 Å². The highest BCUT2D eigenvalue weighted by Gasteiger charge is 2.24. The highest BCUT2D eigenvalue weighted by molar-refractivity contribution is 6.08. The second-order valence-electron chi connectivity index (χ2n) is 9.20. The number of amides is 2. The van der Waals surface area contributed by atoms with Gasteiger partial charge in [0.15, 0.2) is 5.69 Å². The lowest BCUT2D eigenvalue weighted by atomic mass is 9.93. The van der Waals surface area contributed by atoms with Crippen LogP contribution in [0.3, 0.4) is 0 Å². The molecule has 0 spiro atoms. The lowest BCUT2D eigenvalue weighted by Crippen LogP contribution is -2.33. The lowest BCUT2D eigenvalue weighted by Gasteiger charge is -2.22. The number of aryl methyl sites for hydroxylation is 1. The van der Waals surface area contributed by atoms with E-state index >= 15 is 0 Å². The molecule has 4 aromatic rings. The minimum atomic E-state index is -0.328. The number of hydrogen-bond donors (Lipinski definition) is 1. The van der Waals surface area contributed by atoms with E-state index in [1.54, 1.807) is 36.1 Å². The van der Waals surface area contributed by atoms with Crippen LogP contribution in [0.1, 0.15) is 45.7 Å². The minimum Gasteiger partial charge on any atom is -0.339 e. The van der Waals surface area contributed by atoms with Gasteiger partial charge in [0.05, 0.1) is 16.8 Å². The van der Waals surface area contributed by atoms with Gasteiger partial charge < -0.3 is 10.2 Å². The number of carbonyl (C=O) groups excluding carboxylic acids is 2. The van der Waals surface area contributed by atoms with Crippen LogP contribution in [0, 0.1) is 5.92 Å². The van der Waals surface area contributed by atoms with E-state index in [1.165, 1.54) is 10.9 Å². The van der Waals surface area contributed by atoms with Crippen LogP contribution in [0.15, 0.2) is 73.1 Å². The van der Waals surface area contributed by atoms with Crippen LogP contribution < -0.4 is 5.32 Å². The fourth-order valence-corrected chi connectivity index (χ4v) is 4.81. The normalized spacial score (nSPS) is 16.1. The van der Waals surface area contributed by atoms with Gasteiger partial charge in [0.2, 0.25) is 0 Å². The van der Waals surface area contributed by atoms with Crippen LogP contribution in [-0.2, 0) is 13.5 Å². The number of hydrogen-bond acceptors (Lipinski definition) is 4. The van der Waals surface area contributed by atoms with Gasteiger partial charge in [-0.2, -0.15) is 5.10 Å². The molecule has 1 atom stereocenters. The van der Waals surface area contributed by atoms with E-state index in [2.05, 4.69) is 27.5 Å². The Balaban J connectivity index is 1.25. The highest BCUT2D eigenvalue weighted by atomic mass is 16.2. The predicted molar refractivity (Wildman–Crippen MR) is 136 cm³/mol. The first-order valence-electron chi connectivity index (χ1n) is 12.1. The average Bonchev–Trinajstić information content (AvgIpc) is 3.18. The first-order valence-corrected chi connectivity index (χ1v) is 12.1. The second kappa shape index (κ2) is 10.1. The average molecular weight is 468 g/mol. The molecule has 1 N–H and O–H groups in total. The largest absolute Gasteiger partial charge is 0.339 e. The third-order valence-corrected chi connectivity index (χ3v) is 6.66. The molecule has 1 saturated heterocycles. The van der Waals surface area contributed by atoms with Gasteiger partial charge in [-0.25, -0.2) is 0 Å². The number of rotatable bonds is 5. The number of anilines is 1. The topological polar surface area (TPSA) is 80.1 Å². The molecule has 2 aromatic carbocycles. The van der Waals surface area contributed by atoms with Crippen molar-refractivity contribution < 1.29 is 9.59 Å². The summed E-state index contributed by atoms with van der Waals surface area (Å²) in [7, 11) is 1.76. The third-order valence-electron chi connectivity index (χ3n) is 6.66. The standard InChI is InChI=1S/C28H29N5O2/c1-32-15-13-26(31-32)27(34)30-25-11-5-3-9-23(25)28(35)33-14-6-7-20(12-16-33)17-21-18-22-8-2-4-10-24(22)29-19-21/h2-5,8-11,13,15,18-20H,6-7,12,14,16-17H2,1H3,(H,30,34)/t20-/m1/s1. The number of pyridine rings is 1. The van der Waals surface area contributed by atoms with Crippen molar-refractivity contribution in [2.45, 2.75) is 25.7 Å². The van der Waals surface area contributed by atoms with Crippen molar-refractivity contribution in [3.05, 3.63) is 89.9 Å². The van der Waals surface area contributed by atoms with Gasteiger partial charge in [-0.3, -0.25) is 19.3 Å². The second-order valence-corrected chi connectivity index (χ2v) is 9.20. The molecule has 7 nitrogen and oxygen atoms in total. The Morgan fingerprint density at radius 3 is 2.71 bits per heavy atom. The van der Waals surface area contributed by atoms with E-state index in [0.717, 1.165) is 31.2 Å². The third kappa shape index (κ3) is 5.24. The molecular weight excluding hydrogens is 438 g/mol. The molecule has 5 rings (SSSR count). The molecule has 0 bridgehead atoms. The molecule has 0 radical (unpaired) electrons. The Morgan fingerprint density at radius 2 is 1.86 bits per heavy atom. The quantitative estimate of drug-likeness (QED) is 0.461. The number of aromatic nitrogens is 3. The summed E-state index contributed by atoms with van der Waals surface area (Å²) in [4.78, 5) is 32.6. The summed E-state index contributed by atoms with van der Waals surface area (Å²) in [6.45, 7) is 1.42. The van der Waals surface area contributed by atoms with Crippen LogP contribution >= 0.6 is 0 Å². The maximum atomic E-state index is 13.5. The highest BCUT2D eigenvalue weighted by Crippen LogP contribution is 2.25. The fraction of sp³-hybridized carbons (Fsp3) is 0.286. The van der Waals surface area contributed by atoms with Crippen molar-refractivity contribution >= 4 is 28.4 Å². The van der Waals surface area contributed by atoms with E-state index in [1.807, 2.05) is 41.4 Å². The van der Waals surface area contributed by atoms with E-state index < -0.39 is 0 Å². The zero-order chi connectivity index (χ0) is 24.2. The molecule has 1 aliphatic heterocycles. The Morgan fingerprint density at radius 1 is 1.03 bits per heavy atom. The summed E-state index contributed by atoms with van der Waals surface area (Å²) >= 11 is 0. The Labute approximate surface area is 204 Å². The van der Waals surface area contributed by atoms with Gasteiger partial charge in [-0.05, 0) is 67.5 Å². The zero-order valence-corrected chi connectivity index (χ0v) is 19.9. The molecule has 7 heteroatoms. The number of nitrogens with one attached hydrogen (secondary N) is 1. The number of likely N-dealkylation sites (tertiary alicyclic amines) is 1. The van der Waals surface area contributed by atoms with E-state index in [9.17, 15) is 9.59 Å². The number of nitrogens with zero attached hydrogens (tertiary/aromatic N) is 4. The summed E-state index contributed by atoms with van der Waals surface area (Å²) in [6.07, 6.45) is 7.65. The van der Waals surface area contributed by atoms with Crippen LogP contribution in [0.25, 0.3) is 10.9 Å². The van der Waals surface area contributed by atoms with Crippen molar-refractivity contribution in [2.75, 3.05) is 18.4 Å². The van der Waals surface area contributed by atoms with Gasteiger partial charge in [0, 0.05) is 37.9 Å². The van der Waals surface area contributed by atoms with Crippen LogP contribution in [-0.4, -0.2) is 44.6 Å². The molecular formula is C28H29N5O2. The first-order chi connectivity index (χ1) is 17.1. The molecule has 0 aliphatic carbocycles. The maximum absolute atomic E-state index is 13.5. The summed E-state index contributed by atoms with van der Waals surface area (Å²) < 4.78 is 1.58. The van der Waals surface area contributed by atoms with E-state index in [-0.39, 0.29) is 11.8 Å². The van der Waals surface area contributed by atoms with Crippen LogP contribution in [0.2, 0.25) is 0 Å². The molecule has 0 saturated carbocycles. The summed E-state index contributed by atoms with van der Waals surface area (Å²) in [5.74, 6) is 0.135. The van der Waals surface area contributed by atoms with Crippen molar-refractivity contribution in [1.29, 1.82) is 0 Å². The van der Waals surface area contributed by atoms with Crippen LogP contribution in [0.5, 0.6) is 0 Å². The zero-order valence-electron chi connectivity index (χ0n) is 19.9. The number of benzene rings is 2. The fourth-order valence-electron chi connectivity index (χ4n) is 4.81. The van der Waals surface area contributed by atoms with Gasteiger partial charge in [0.1, 0.15) is 0 Å². The Kier molecular flexibility index (Phi) is 6.57. The predicted octanol–water partition coefficient (Wildman–Crippen LogP) is 4.71.